The third-order valence-corrected chi connectivity index (χ3v) is 1.38. The van der Waals surface area contributed by atoms with E-state index < -0.39 is 11.9 Å². The third kappa shape index (κ3) is 3.58. The number of carboxylic acid groups (broad SMARTS) is 2. The summed E-state index contributed by atoms with van der Waals surface area (Å²) < 4.78 is 8.33. The topological polar surface area (TPSA) is 91.7 Å². The van der Waals surface area contributed by atoms with Crippen LogP contribution in [0.25, 0.3) is 0 Å². The van der Waals surface area contributed by atoms with Crippen molar-refractivity contribution in [3.63, 3.8) is 0 Å². The Balaban J connectivity index is 0.000000791. The number of aromatic carboxylic acids is 2. The van der Waals surface area contributed by atoms with Crippen LogP contribution in [0.3, 0.4) is 0 Å². The summed E-state index contributed by atoms with van der Waals surface area (Å²) in [6.45, 7) is 0. The molecular weight excluding hydrogens is 360 g/mol. The zero-order valence-electron chi connectivity index (χ0n) is 6.84. The zero-order valence-corrected chi connectivity index (χ0v) is 9.77. The van der Waals surface area contributed by atoms with E-state index in [1.165, 1.54) is 24.3 Å². The van der Waals surface area contributed by atoms with E-state index in [0.29, 0.717) is 19.8 Å². The summed E-state index contributed by atoms with van der Waals surface area (Å²) in [6, 6.07) is 5.02. The fourth-order valence-corrected chi connectivity index (χ4v) is 0.755. The molecule has 0 atom stereocenters. The normalized spacial score (nSPS) is 8.29. The van der Waals surface area contributed by atoms with Gasteiger partial charge in [0.15, 0.2) is 0 Å². The van der Waals surface area contributed by atoms with Gasteiger partial charge in [0.2, 0.25) is 0 Å². The summed E-state index contributed by atoms with van der Waals surface area (Å²) in [5.41, 5.74) is 0.167. The van der Waals surface area contributed by atoms with Gasteiger partial charge in [-0.15, -0.1) is 0 Å². The molecule has 0 fully saturated rings. The quantitative estimate of drug-likeness (QED) is 0.814. The molecule has 6 heteroatoms. The van der Waals surface area contributed by atoms with E-state index in [1.807, 2.05) is 0 Å². The number of hydrogen-bond donors (Lipinski definition) is 2. The van der Waals surface area contributed by atoms with Gasteiger partial charge in [0, 0.05) is 0 Å². The maximum absolute atomic E-state index is 10.3. The second-order valence-electron chi connectivity index (χ2n) is 2.19. The minimum absolute atomic E-state index is 0.0833. The Morgan fingerprint density at radius 1 is 0.857 bits per heavy atom. The van der Waals surface area contributed by atoms with Gasteiger partial charge in [0.1, 0.15) is 0 Å². The number of carbonyl (C=O) groups is 2. The van der Waals surface area contributed by atoms with Crippen LogP contribution in [-0.4, -0.2) is 22.2 Å². The van der Waals surface area contributed by atoms with Crippen LogP contribution in [-0.2, 0) is 23.2 Å². The van der Waals surface area contributed by atoms with Crippen molar-refractivity contribution in [3.8, 4) is 0 Å². The van der Waals surface area contributed by atoms with Gasteiger partial charge in [-0.25, -0.2) is 9.59 Å². The van der Waals surface area contributed by atoms with E-state index in [0.717, 1.165) is 0 Å². The molecule has 0 aromatic heterocycles. The number of hydrogen-bond acceptors (Lipinski definition) is 3. The first-order chi connectivity index (χ1) is 6.61. The molecule has 0 saturated heterocycles. The second kappa shape index (κ2) is 6.16. The van der Waals surface area contributed by atoms with Gasteiger partial charge < -0.3 is 10.2 Å². The predicted molar refractivity (Wildman–Crippen MR) is 41.0 cm³/mol. The first kappa shape index (κ1) is 12.6. The van der Waals surface area contributed by atoms with Crippen LogP contribution < -0.4 is 0 Å². The molecule has 1 rings (SSSR count). The molecule has 0 amide bonds. The van der Waals surface area contributed by atoms with Crippen molar-refractivity contribution in [1.82, 2.24) is 0 Å². The monoisotopic (exact) mass is 366 g/mol. The Hall–Kier alpha value is -1.35. The molecule has 0 unspecified atom stereocenters. The van der Waals surface area contributed by atoms with E-state index in [2.05, 4.69) is 0 Å². The molecule has 0 saturated carbocycles. The van der Waals surface area contributed by atoms with Crippen LogP contribution in [0.1, 0.15) is 20.7 Å². The van der Waals surface area contributed by atoms with E-state index >= 15 is 0 Å². The molecule has 1 aromatic carbocycles. The summed E-state index contributed by atoms with van der Waals surface area (Å²) in [4.78, 5) is 20.7. The van der Waals surface area contributed by atoms with E-state index in [-0.39, 0.29) is 11.1 Å². The van der Waals surface area contributed by atoms with Crippen molar-refractivity contribution in [1.29, 1.82) is 0 Å². The van der Waals surface area contributed by atoms with Gasteiger partial charge in [0.05, 0.1) is 11.1 Å². The number of rotatable bonds is 2. The van der Waals surface area contributed by atoms with Crippen molar-refractivity contribution in [2.45, 2.75) is 0 Å². The Bertz CT molecular complexity index is 299. The fraction of sp³-hybridized carbons (Fsp3) is 0. The Morgan fingerprint density at radius 2 is 1.07 bits per heavy atom. The Labute approximate surface area is 90.6 Å². The molecule has 0 aliphatic carbocycles. The van der Waals surface area contributed by atoms with E-state index in [4.69, 9.17) is 13.6 Å². The van der Waals surface area contributed by atoms with Gasteiger partial charge in [0.25, 0.3) is 0 Å². The third-order valence-electron chi connectivity index (χ3n) is 1.38. The van der Waals surface area contributed by atoms with Gasteiger partial charge in [-0.3, -0.25) is 0 Å². The van der Waals surface area contributed by atoms with Crippen LogP contribution in [0.2, 0.25) is 0 Å². The molecule has 5 nitrogen and oxygen atoms in total. The number of benzene rings is 1. The molecule has 0 spiro atoms. The molecule has 0 heterocycles. The van der Waals surface area contributed by atoms with Crippen LogP contribution in [0.15, 0.2) is 24.3 Å². The van der Waals surface area contributed by atoms with Crippen LogP contribution in [0.4, 0.5) is 0 Å². The van der Waals surface area contributed by atoms with Crippen molar-refractivity contribution < 1.29 is 43.0 Å². The van der Waals surface area contributed by atoms with Gasteiger partial charge in [-0.1, -0.05) is 0 Å². The summed E-state index contributed by atoms with van der Waals surface area (Å²) >= 11 is 0.333. The van der Waals surface area contributed by atoms with Crippen LogP contribution in [0, 0.1) is 0 Å². The summed E-state index contributed by atoms with van der Waals surface area (Å²) in [5, 5.41) is 16.9. The molecule has 0 radical (unpaired) electrons. The summed E-state index contributed by atoms with van der Waals surface area (Å²) in [5.74, 6) is -2.13. The SMILES string of the molecule is O=C(O)c1ccc(C(=O)O)cc1.[O]=[W]. The Morgan fingerprint density at radius 3 is 1.21 bits per heavy atom. The maximum atomic E-state index is 10.3. The minimum atomic E-state index is -1.06. The molecular formula is C8H6O5W. The first-order valence-corrected chi connectivity index (χ1v) is 4.54. The average molecular weight is 366 g/mol. The van der Waals surface area contributed by atoms with E-state index in [1.54, 1.807) is 0 Å². The molecule has 74 valence electrons. The summed E-state index contributed by atoms with van der Waals surface area (Å²) in [6.07, 6.45) is 0. The molecule has 14 heavy (non-hydrogen) atoms. The Kier molecular flexibility index (Phi) is 5.56. The first-order valence-electron chi connectivity index (χ1n) is 3.34. The van der Waals surface area contributed by atoms with Crippen molar-refractivity contribution in [2.75, 3.05) is 0 Å². The fourth-order valence-electron chi connectivity index (χ4n) is 0.755. The molecule has 1 aromatic rings. The van der Waals surface area contributed by atoms with Gasteiger partial charge in [-0.05, 0) is 24.3 Å². The van der Waals surface area contributed by atoms with Crippen molar-refractivity contribution in [3.05, 3.63) is 35.4 Å². The molecule has 0 aliphatic rings. The number of carboxylic acids is 2. The van der Waals surface area contributed by atoms with Crippen LogP contribution in [0.5, 0.6) is 0 Å². The molecule has 0 bridgehead atoms. The van der Waals surface area contributed by atoms with Crippen molar-refractivity contribution >= 4 is 11.9 Å². The molecule has 2 N–H and O–H groups in total. The predicted octanol–water partition coefficient (Wildman–Crippen LogP) is 0.962. The summed E-state index contributed by atoms with van der Waals surface area (Å²) in [7, 11) is 0. The van der Waals surface area contributed by atoms with Gasteiger partial charge in [-0.2, -0.15) is 0 Å². The second-order valence-corrected chi connectivity index (χ2v) is 2.19. The molecule has 0 aliphatic heterocycles. The van der Waals surface area contributed by atoms with E-state index in [9.17, 15) is 9.59 Å². The standard InChI is InChI=1S/C8H6O4.O.W/c9-7(10)5-1-2-6(4-3-5)8(11)12;;/h1-4H,(H,9,10)(H,11,12);;. The zero-order chi connectivity index (χ0) is 11.1. The van der Waals surface area contributed by atoms with Crippen LogP contribution >= 0.6 is 0 Å². The van der Waals surface area contributed by atoms with Gasteiger partial charge >= 0.3 is 35.1 Å². The van der Waals surface area contributed by atoms with Crippen molar-refractivity contribution in [2.24, 2.45) is 0 Å². The average Bonchev–Trinajstić information content (AvgIpc) is 2.21.